The fraction of sp³-hybridized carbons (Fsp3) is 0.818. The molecule has 3 aliphatic rings. The summed E-state index contributed by atoms with van der Waals surface area (Å²) in [5, 5.41) is 10.6. The lowest BCUT2D eigenvalue weighted by Gasteiger charge is -2.46. The smallest absolute Gasteiger partial charge is 0.0994 e. The molecule has 136 valence electrons. The molecule has 0 aliphatic heterocycles. The molecule has 0 radical (unpaired) electrons. The zero-order valence-corrected chi connectivity index (χ0v) is 16.1. The van der Waals surface area contributed by atoms with Crippen molar-refractivity contribution in [2.45, 2.75) is 91.6 Å². The molecule has 24 heavy (non-hydrogen) atoms. The van der Waals surface area contributed by atoms with Crippen LogP contribution >= 0.6 is 0 Å². The van der Waals surface area contributed by atoms with E-state index in [0.717, 1.165) is 18.6 Å². The highest BCUT2D eigenvalue weighted by Crippen LogP contribution is 2.62. The van der Waals surface area contributed by atoms with Gasteiger partial charge in [-0.1, -0.05) is 34.1 Å². The first-order valence-corrected chi connectivity index (χ1v) is 10.2. The number of hydrogen-bond donors (Lipinski definition) is 1. The molecular weight excluding hydrogens is 296 g/mol. The van der Waals surface area contributed by atoms with Crippen molar-refractivity contribution in [3.63, 3.8) is 0 Å². The average molecular weight is 333 g/mol. The summed E-state index contributed by atoms with van der Waals surface area (Å²) in [6.07, 6.45) is 13.5. The first-order valence-electron chi connectivity index (χ1n) is 10.2. The number of aliphatic hydroxyl groups is 1. The van der Waals surface area contributed by atoms with Crippen LogP contribution in [0.4, 0.5) is 0 Å². The largest absolute Gasteiger partial charge is 0.512 e. The molecule has 2 fully saturated rings. The molecule has 0 unspecified atom stereocenters. The molecule has 0 saturated heterocycles. The van der Waals surface area contributed by atoms with Gasteiger partial charge < -0.3 is 9.84 Å². The topological polar surface area (TPSA) is 29.5 Å². The predicted octanol–water partition coefficient (Wildman–Crippen LogP) is 6.53. The molecule has 3 atom stereocenters. The number of aliphatic hydroxyl groups excluding tert-OH is 1. The summed E-state index contributed by atoms with van der Waals surface area (Å²) in [5.74, 6) is 3.32. The average Bonchev–Trinajstić information content (AvgIpc) is 2.72. The van der Waals surface area contributed by atoms with Crippen LogP contribution in [0.2, 0.25) is 0 Å². The summed E-state index contributed by atoms with van der Waals surface area (Å²) in [6, 6.07) is 0. The Hall–Kier alpha value is -0.920. The van der Waals surface area contributed by atoms with E-state index < -0.39 is 0 Å². The molecule has 0 spiro atoms. The second-order valence-corrected chi connectivity index (χ2v) is 9.05. The molecule has 0 heterocycles. The number of fused-ring (bicyclic) bond motifs is 1. The Morgan fingerprint density at radius 3 is 2.46 bits per heavy atom. The van der Waals surface area contributed by atoms with Gasteiger partial charge in [-0.25, -0.2) is 0 Å². The first-order chi connectivity index (χ1) is 11.4. The van der Waals surface area contributed by atoms with Crippen LogP contribution in [-0.2, 0) is 4.74 Å². The van der Waals surface area contributed by atoms with E-state index in [4.69, 9.17) is 4.74 Å². The van der Waals surface area contributed by atoms with E-state index in [1.54, 1.807) is 0 Å². The molecule has 2 heteroatoms. The van der Waals surface area contributed by atoms with Crippen LogP contribution < -0.4 is 0 Å². The zero-order valence-electron chi connectivity index (χ0n) is 16.1. The van der Waals surface area contributed by atoms with E-state index in [9.17, 15) is 5.11 Å². The van der Waals surface area contributed by atoms with Crippen LogP contribution in [0.1, 0.15) is 85.5 Å². The summed E-state index contributed by atoms with van der Waals surface area (Å²) in [4.78, 5) is 0. The lowest BCUT2D eigenvalue weighted by Crippen LogP contribution is -2.37. The quantitative estimate of drug-likeness (QED) is 0.560. The molecule has 3 aliphatic carbocycles. The maximum Gasteiger partial charge on any atom is 0.0994 e. The van der Waals surface area contributed by atoms with Gasteiger partial charge in [0.25, 0.3) is 0 Å². The minimum atomic E-state index is 0.219. The van der Waals surface area contributed by atoms with E-state index in [2.05, 4.69) is 33.8 Å². The number of ether oxygens (including phenoxy) is 1. The highest BCUT2D eigenvalue weighted by Gasteiger charge is 2.53. The third kappa shape index (κ3) is 3.39. The van der Waals surface area contributed by atoms with Crippen molar-refractivity contribution in [2.75, 3.05) is 0 Å². The standard InChI is InChI=1S/C22H36O2/c1-15(2)10-11-20(24-18-8-6-5-7-9-18)16(3)21-19(23)14-17-12-13-22(17,21)4/h11,15-18,23H,5-10,12-14H2,1-4H3/t16-,17+,22-/m0/s1. The van der Waals surface area contributed by atoms with Crippen molar-refractivity contribution in [3.8, 4) is 0 Å². The monoisotopic (exact) mass is 332 g/mol. The fourth-order valence-corrected chi connectivity index (χ4v) is 5.08. The van der Waals surface area contributed by atoms with Gasteiger partial charge in [-0.15, -0.1) is 0 Å². The Morgan fingerprint density at radius 2 is 1.92 bits per heavy atom. The van der Waals surface area contributed by atoms with Crippen LogP contribution in [0.15, 0.2) is 23.2 Å². The van der Waals surface area contributed by atoms with Crippen LogP contribution in [-0.4, -0.2) is 11.2 Å². The highest BCUT2D eigenvalue weighted by molar-refractivity contribution is 5.34. The fourth-order valence-electron chi connectivity index (χ4n) is 5.08. The van der Waals surface area contributed by atoms with Crippen LogP contribution in [0.5, 0.6) is 0 Å². The Balaban J connectivity index is 1.79. The van der Waals surface area contributed by atoms with Gasteiger partial charge in [0.15, 0.2) is 0 Å². The van der Waals surface area contributed by atoms with Crippen molar-refractivity contribution in [1.29, 1.82) is 0 Å². The molecule has 3 rings (SSSR count). The van der Waals surface area contributed by atoms with Gasteiger partial charge in [0, 0.05) is 12.3 Å². The van der Waals surface area contributed by atoms with Gasteiger partial charge in [0.05, 0.1) is 17.6 Å². The van der Waals surface area contributed by atoms with Crippen molar-refractivity contribution in [1.82, 2.24) is 0 Å². The van der Waals surface area contributed by atoms with Gasteiger partial charge in [-0.3, -0.25) is 0 Å². The maximum absolute atomic E-state index is 10.6. The molecule has 0 aromatic carbocycles. The minimum absolute atomic E-state index is 0.219. The van der Waals surface area contributed by atoms with Crippen molar-refractivity contribution in [2.24, 2.45) is 23.2 Å². The second kappa shape index (κ2) is 7.14. The molecule has 2 saturated carbocycles. The molecule has 0 amide bonds. The zero-order chi connectivity index (χ0) is 17.3. The summed E-state index contributed by atoms with van der Waals surface area (Å²) >= 11 is 0. The molecule has 2 nitrogen and oxygen atoms in total. The molecule has 0 aromatic rings. The van der Waals surface area contributed by atoms with Crippen LogP contribution in [0.3, 0.4) is 0 Å². The summed E-state index contributed by atoms with van der Waals surface area (Å²) < 4.78 is 6.53. The van der Waals surface area contributed by atoms with Crippen LogP contribution in [0.25, 0.3) is 0 Å². The SMILES string of the molecule is CC(C)CC=C(OC1CCCCC1)[C@H](C)C1=C(O)C[C@H]2CC[C@]12C. The third-order valence-corrected chi connectivity index (χ3v) is 6.78. The van der Waals surface area contributed by atoms with E-state index in [0.29, 0.717) is 23.7 Å². The number of allylic oxidation sites excluding steroid dienone is 3. The normalized spacial score (nSPS) is 32.7. The van der Waals surface area contributed by atoms with Gasteiger partial charge in [0.2, 0.25) is 0 Å². The molecule has 0 aromatic heterocycles. The summed E-state index contributed by atoms with van der Waals surface area (Å²) in [7, 11) is 0. The van der Waals surface area contributed by atoms with E-state index in [1.807, 2.05) is 0 Å². The Labute approximate surface area is 148 Å². The maximum atomic E-state index is 10.6. The predicted molar refractivity (Wildman–Crippen MR) is 99.8 cm³/mol. The summed E-state index contributed by atoms with van der Waals surface area (Å²) in [6.45, 7) is 9.13. The number of hydrogen-bond acceptors (Lipinski definition) is 2. The minimum Gasteiger partial charge on any atom is -0.512 e. The Kier molecular flexibility index (Phi) is 5.32. The van der Waals surface area contributed by atoms with E-state index in [-0.39, 0.29) is 11.3 Å². The van der Waals surface area contributed by atoms with Crippen molar-refractivity contribution < 1.29 is 9.84 Å². The molecular formula is C22H36O2. The lowest BCUT2D eigenvalue weighted by molar-refractivity contribution is 0.0566. The summed E-state index contributed by atoms with van der Waals surface area (Å²) in [5.41, 5.74) is 1.50. The van der Waals surface area contributed by atoms with Crippen molar-refractivity contribution >= 4 is 0 Å². The van der Waals surface area contributed by atoms with Gasteiger partial charge in [0.1, 0.15) is 0 Å². The Bertz CT molecular complexity index is 510. The van der Waals surface area contributed by atoms with Gasteiger partial charge in [-0.2, -0.15) is 0 Å². The first kappa shape index (κ1) is 17.9. The van der Waals surface area contributed by atoms with E-state index >= 15 is 0 Å². The van der Waals surface area contributed by atoms with Gasteiger partial charge >= 0.3 is 0 Å². The highest BCUT2D eigenvalue weighted by atomic mass is 16.5. The molecule has 1 N–H and O–H groups in total. The number of rotatable bonds is 6. The lowest BCUT2D eigenvalue weighted by atomic mass is 9.58. The van der Waals surface area contributed by atoms with E-state index in [1.165, 1.54) is 50.5 Å². The van der Waals surface area contributed by atoms with Crippen molar-refractivity contribution in [3.05, 3.63) is 23.2 Å². The van der Waals surface area contributed by atoms with Crippen LogP contribution in [0, 0.1) is 23.2 Å². The Morgan fingerprint density at radius 1 is 1.21 bits per heavy atom. The van der Waals surface area contributed by atoms with Gasteiger partial charge in [-0.05, 0) is 73.8 Å². The molecule has 0 bridgehead atoms. The second-order valence-electron chi connectivity index (χ2n) is 9.05. The third-order valence-electron chi connectivity index (χ3n) is 6.78.